The normalized spacial score (nSPS) is 12.7. The molecule has 4 heteroatoms. The molecule has 21 heavy (non-hydrogen) atoms. The molecule has 3 rings (SSSR count). The third-order valence-electron chi connectivity index (χ3n) is 3.82. The number of nitrogens with zero attached hydrogens (tertiary/aromatic N) is 2. The number of para-hydroxylation sites is 1. The van der Waals surface area contributed by atoms with Gasteiger partial charge in [-0.25, -0.2) is 4.98 Å². The van der Waals surface area contributed by atoms with Crippen LogP contribution < -0.4 is 5.73 Å². The lowest BCUT2D eigenvalue weighted by atomic mass is 10.1. The lowest BCUT2D eigenvalue weighted by Crippen LogP contribution is -2.10. The topological polar surface area (TPSA) is 43.8 Å². The zero-order chi connectivity index (χ0) is 14.8. The lowest BCUT2D eigenvalue weighted by Gasteiger charge is -2.16. The molecule has 0 fully saturated rings. The summed E-state index contributed by atoms with van der Waals surface area (Å²) in [5.41, 5.74) is 9.20. The average Bonchev–Trinajstić information content (AvgIpc) is 2.83. The van der Waals surface area contributed by atoms with Crippen molar-refractivity contribution in [3.63, 3.8) is 0 Å². The molecule has 2 N–H and O–H groups in total. The summed E-state index contributed by atoms with van der Waals surface area (Å²) in [6, 6.07) is 16.4. The molecule has 3 nitrogen and oxygen atoms in total. The predicted molar refractivity (Wildman–Crippen MR) is 88.6 cm³/mol. The number of hydrogen-bond donors (Lipinski definition) is 1. The van der Waals surface area contributed by atoms with Gasteiger partial charge in [-0.1, -0.05) is 48.0 Å². The Balaban J connectivity index is 1.88. The smallest absolute Gasteiger partial charge is 0.201 e. The fourth-order valence-electron chi connectivity index (χ4n) is 2.72. The van der Waals surface area contributed by atoms with Gasteiger partial charge < -0.3 is 10.3 Å². The second-order valence-electron chi connectivity index (χ2n) is 5.32. The van der Waals surface area contributed by atoms with Crippen molar-refractivity contribution >= 4 is 28.6 Å². The van der Waals surface area contributed by atoms with Crippen molar-refractivity contribution in [2.24, 2.45) is 0 Å². The molecule has 108 valence electrons. The number of anilines is 1. The van der Waals surface area contributed by atoms with Crippen LogP contribution in [0.3, 0.4) is 0 Å². The van der Waals surface area contributed by atoms with Crippen LogP contribution in [0.2, 0.25) is 5.02 Å². The molecule has 0 aliphatic rings. The van der Waals surface area contributed by atoms with Crippen molar-refractivity contribution in [1.82, 2.24) is 9.55 Å². The van der Waals surface area contributed by atoms with E-state index in [4.69, 9.17) is 17.3 Å². The van der Waals surface area contributed by atoms with E-state index in [2.05, 4.69) is 36.2 Å². The van der Waals surface area contributed by atoms with Gasteiger partial charge in [0.1, 0.15) is 0 Å². The Morgan fingerprint density at radius 3 is 2.67 bits per heavy atom. The first-order chi connectivity index (χ1) is 10.2. The Morgan fingerprint density at radius 1 is 1.14 bits per heavy atom. The molecular formula is C17H18ClN3. The van der Waals surface area contributed by atoms with Crippen LogP contribution in [-0.4, -0.2) is 9.55 Å². The van der Waals surface area contributed by atoms with Crippen LogP contribution in [0.15, 0.2) is 48.5 Å². The number of nitrogen functional groups attached to an aromatic ring is 1. The SMILES string of the molecule is CC(CCc1ccccc1)n1c(N)nc2cccc(Cl)c21. The van der Waals surface area contributed by atoms with Crippen molar-refractivity contribution in [2.45, 2.75) is 25.8 Å². The summed E-state index contributed by atoms with van der Waals surface area (Å²) >= 11 is 6.32. The Hall–Kier alpha value is -2.00. The fourth-order valence-corrected chi connectivity index (χ4v) is 2.98. The van der Waals surface area contributed by atoms with E-state index in [0.717, 1.165) is 23.9 Å². The van der Waals surface area contributed by atoms with Gasteiger partial charge >= 0.3 is 0 Å². The van der Waals surface area contributed by atoms with Gasteiger partial charge in [-0.15, -0.1) is 0 Å². The van der Waals surface area contributed by atoms with Crippen LogP contribution >= 0.6 is 11.6 Å². The number of rotatable bonds is 4. The molecule has 1 heterocycles. The second-order valence-corrected chi connectivity index (χ2v) is 5.73. The number of fused-ring (bicyclic) bond motifs is 1. The Bertz CT molecular complexity index is 749. The number of imidazole rings is 1. The number of halogens is 1. The minimum Gasteiger partial charge on any atom is -0.369 e. The van der Waals surface area contributed by atoms with E-state index in [1.165, 1.54) is 5.56 Å². The largest absolute Gasteiger partial charge is 0.369 e. The third-order valence-corrected chi connectivity index (χ3v) is 4.13. The molecule has 0 spiro atoms. The Labute approximate surface area is 129 Å². The zero-order valence-electron chi connectivity index (χ0n) is 12.0. The van der Waals surface area contributed by atoms with Gasteiger partial charge in [0.15, 0.2) is 0 Å². The van der Waals surface area contributed by atoms with Crippen molar-refractivity contribution in [3.8, 4) is 0 Å². The molecule has 0 amide bonds. The first-order valence-electron chi connectivity index (χ1n) is 7.12. The molecule has 0 saturated heterocycles. The van der Waals surface area contributed by atoms with Gasteiger partial charge in [-0.05, 0) is 37.5 Å². The Kier molecular flexibility index (Phi) is 3.84. The molecule has 0 radical (unpaired) electrons. The quantitative estimate of drug-likeness (QED) is 0.772. The van der Waals surface area contributed by atoms with E-state index in [1.807, 2.05) is 28.8 Å². The highest BCUT2D eigenvalue weighted by Crippen LogP contribution is 2.30. The summed E-state index contributed by atoms with van der Waals surface area (Å²) in [6.07, 6.45) is 2.00. The van der Waals surface area contributed by atoms with Crippen molar-refractivity contribution in [2.75, 3.05) is 5.73 Å². The molecule has 0 aliphatic heterocycles. The second kappa shape index (κ2) is 5.78. The van der Waals surface area contributed by atoms with E-state index < -0.39 is 0 Å². The molecule has 1 atom stereocenters. The van der Waals surface area contributed by atoms with Crippen molar-refractivity contribution in [3.05, 3.63) is 59.1 Å². The van der Waals surface area contributed by atoms with Gasteiger partial charge in [0.05, 0.1) is 16.1 Å². The summed E-state index contributed by atoms with van der Waals surface area (Å²) in [4.78, 5) is 4.41. The number of aromatic nitrogens is 2. The summed E-state index contributed by atoms with van der Waals surface area (Å²) in [6.45, 7) is 2.16. The first kappa shape index (κ1) is 14.0. The van der Waals surface area contributed by atoms with Crippen LogP contribution in [-0.2, 0) is 6.42 Å². The van der Waals surface area contributed by atoms with Crippen LogP contribution in [0.4, 0.5) is 5.95 Å². The van der Waals surface area contributed by atoms with E-state index >= 15 is 0 Å². The maximum absolute atomic E-state index is 6.32. The molecule has 0 aliphatic carbocycles. The van der Waals surface area contributed by atoms with E-state index in [9.17, 15) is 0 Å². The number of aryl methyl sites for hydroxylation is 1. The lowest BCUT2D eigenvalue weighted by molar-refractivity contribution is 0.525. The first-order valence-corrected chi connectivity index (χ1v) is 7.50. The van der Waals surface area contributed by atoms with Crippen molar-refractivity contribution in [1.29, 1.82) is 0 Å². The highest BCUT2D eigenvalue weighted by Gasteiger charge is 2.16. The highest BCUT2D eigenvalue weighted by molar-refractivity contribution is 6.35. The summed E-state index contributed by atoms with van der Waals surface area (Å²) in [5.74, 6) is 0.527. The number of benzene rings is 2. The highest BCUT2D eigenvalue weighted by atomic mass is 35.5. The summed E-state index contributed by atoms with van der Waals surface area (Å²) in [5, 5.41) is 0.697. The van der Waals surface area contributed by atoms with Gasteiger partial charge in [-0.2, -0.15) is 0 Å². The maximum atomic E-state index is 6.32. The standard InChI is InChI=1S/C17H18ClN3/c1-12(10-11-13-6-3-2-4-7-13)21-16-14(18)8-5-9-15(16)20-17(21)19/h2-9,12H,10-11H2,1H3,(H2,19,20). The van der Waals surface area contributed by atoms with Crippen LogP contribution in [0.25, 0.3) is 11.0 Å². The number of nitrogens with two attached hydrogens (primary N) is 1. The summed E-state index contributed by atoms with van der Waals surface area (Å²) < 4.78 is 2.04. The minimum absolute atomic E-state index is 0.245. The fraction of sp³-hybridized carbons (Fsp3) is 0.235. The van der Waals surface area contributed by atoms with E-state index in [0.29, 0.717) is 11.0 Å². The maximum Gasteiger partial charge on any atom is 0.201 e. The molecule has 3 aromatic rings. The molecular weight excluding hydrogens is 282 g/mol. The molecule has 1 aromatic heterocycles. The molecule has 0 bridgehead atoms. The van der Waals surface area contributed by atoms with Crippen molar-refractivity contribution < 1.29 is 0 Å². The number of hydrogen-bond acceptors (Lipinski definition) is 2. The van der Waals surface area contributed by atoms with Gasteiger partial charge in [0, 0.05) is 6.04 Å². The van der Waals surface area contributed by atoms with E-state index in [-0.39, 0.29) is 6.04 Å². The molecule has 0 saturated carbocycles. The monoisotopic (exact) mass is 299 g/mol. The van der Waals surface area contributed by atoms with Crippen LogP contribution in [0.1, 0.15) is 24.9 Å². The van der Waals surface area contributed by atoms with Gasteiger partial charge in [0.2, 0.25) is 5.95 Å². The Morgan fingerprint density at radius 2 is 1.90 bits per heavy atom. The third kappa shape index (κ3) is 2.74. The zero-order valence-corrected chi connectivity index (χ0v) is 12.7. The van der Waals surface area contributed by atoms with Gasteiger partial charge in [-0.3, -0.25) is 0 Å². The van der Waals surface area contributed by atoms with E-state index in [1.54, 1.807) is 0 Å². The van der Waals surface area contributed by atoms with Crippen LogP contribution in [0, 0.1) is 0 Å². The molecule has 2 aromatic carbocycles. The summed E-state index contributed by atoms with van der Waals surface area (Å²) in [7, 11) is 0. The molecule has 1 unspecified atom stereocenters. The van der Waals surface area contributed by atoms with Gasteiger partial charge in [0.25, 0.3) is 0 Å². The van der Waals surface area contributed by atoms with Crippen LogP contribution in [0.5, 0.6) is 0 Å². The predicted octanol–water partition coefficient (Wildman–Crippen LogP) is 4.47. The minimum atomic E-state index is 0.245. The average molecular weight is 300 g/mol.